The molecule has 1 aromatic carbocycles. The number of rotatable bonds is 4. The minimum Gasteiger partial charge on any atom is -0.490 e. The summed E-state index contributed by atoms with van der Waals surface area (Å²) in [5.74, 6) is 1.84. The predicted octanol–water partition coefficient (Wildman–Crippen LogP) is 4.95. The van der Waals surface area contributed by atoms with Crippen LogP contribution in [-0.4, -0.2) is 40.4 Å². The van der Waals surface area contributed by atoms with E-state index in [-0.39, 0.29) is 6.10 Å². The van der Waals surface area contributed by atoms with Gasteiger partial charge in [-0.15, -0.1) is 0 Å². The highest BCUT2D eigenvalue weighted by Crippen LogP contribution is 2.43. The molecule has 0 N–H and O–H groups in total. The number of thioether (sulfide) groups is 1. The molecule has 4 rings (SSSR count). The molecule has 0 saturated carbocycles. The summed E-state index contributed by atoms with van der Waals surface area (Å²) in [6, 6.07) is 13.0. The second-order valence-corrected chi connectivity index (χ2v) is 9.05. The molecular formula is C22H28N2O2S. The number of nitrogens with zero attached hydrogens (tertiary/aromatic N) is 2. The van der Waals surface area contributed by atoms with Gasteiger partial charge in [-0.05, 0) is 63.4 Å². The molecule has 2 aliphatic rings. The number of benzene rings is 1. The Hall–Kier alpha value is -1.72. The summed E-state index contributed by atoms with van der Waals surface area (Å²) in [5, 5.41) is 1.30. The molecule has 0 bridgehead atoms. The highest BCUT2D eigenvalue weighted by Gasteiger charge is 2.29. The van der Waals surface area contributed by atoms with E-state index in [0.717, 1.165) is 42.5 Å². The van der Waals surface area contributed by atoms with Gasteiger partial charge in [-0.25, -0.2) is 4.98 Å². The Morgan fingerprint density at radius 3 is 2.59 bits per heavy atom. The van der Waals surface area contributed by atoms with Crippen molar-refractivity contribution in [1.82, 2.24) is 9.88 Å². The van der Waals surface area contributed by atoms with Gasteiger partial charge in [0.2, 0.25) is 0 Å². The molecule has 1 aromatic heterocycles. The van der Waals surface area contributed by atoms with Gasteiger partial charge in [0, 0.05) is 30.6 Å². The molecule has 0 unspecified atom stereocenters. The van der Waals surface area contributed by atoms with Gasteiger partial charge >= 0.3 is 0 Å². The molecule has 0 aliphatic carbocycles. The van der Waals surface area contributed by atoms with Crippen LogP contribution in [0, 0.1) is 0 Å². The fourth-order valence-corrected chi connectivity index (χ4v) is 4.84. The Kier molecular flexibility index (Phi) is 5.60. The van der Waals surface area contributed by atoms with E-state index in [4.69, 9.17) is 9.47 Å². The summed E-state index contributed by atoms with van der Waals surface area (Å²) in [5.41, 5.74) is 1.19. The van der Waals surface area contributed by atoms with Crippen molar-refractivity contribution in [3.05, 3.63) is 48.2 Å². The van der Waals surface area contributed by atoms with Gasteiger partial charge in [0.25, 0.3) is 0 Å². The van der Waals surface area contributed by atoms with Gasteiger partial charge in [0.15, 0.2) is 5.75 Å². The topological polar surface area (TPSA) is 34.6 Å². The van der Waals surface area contributed by atoms with Crippen LogP contribution in [0.25, 0.3) is 0 Å². The largest absolute Gasteiger partial charge is 0.490 e. The Bertz CT molecular complexity index is 757. The van der Waals surface area contributed by atoms with Gasteiger partial charge in [-0.1, -0.05) is 23.9 Å². The van der Waals surface area contributed by atoms with Crippen LogP contribution in [0.4, 0.5) is 0 Å². The highest BCUT2D eigenvalue weighted by atomic mass is 32.2. The Labute approximate surface area is 166 Å². The van der Waals surface area contributed by atoms with E-state index >= 15 is 0 Å². The summed E-state index contributed by atoms with van der Waals surface area (Å²) in [4.78, 5) is 6.93. The molecule has 1 saturated heterocycles. The first kappa shape index (κ1) is 18.6. The van der Waals surface area contributed by atoms with E-state index < -0.39 is 0 Å². The molecule has 0 radical (unpaired) electrons. The zero-order valence-electron chi connectivity index (χ0n) is 16.3. The lowest BCUT2D eigenvalue weighted by atomic mass is 10.1. The van der Waals surface area contributed by atoms with Crippen LogP contribution in [0.1, 0.15) is 45.3 Å². The van der Waals surface area contributed by atoms with Gasteiger partial charge in [0.05, 0.1) is 0 Å². The molecule has 2 aromatic rings. The number of aromatic nitrogens is 1. The number of piperidine rings is 1. The molecule has 144 valence electrons. The standard InChI is InChI=1S/C22H28N2O2S/c1-15(2)24-13-10-19(11-14-24)25-18-8-6-17(7-9-18)21-16(3)27-22-20(26-21)5-4-12-23-22/h4-9,12,15-16,19,21H,10-11,13-14H2,1-3H3/t16-,21-/m1/s1. The number of hydrogen-bond donors (Lipinski definition) is 0. The Balaban J connectivity index is 1.38. The van der Waals surface area contributed by atoms with Crippen molar-refractivity contribution < 1.29 is 9.47 Å². The van der Waals surface area contributed by atoms with E-state index in [2.05, 4.69) is 54.9 Å². The first-order chi connectivity index (χ1) is 13.1. The molecule has 2 atom stereocenters. The smallest absolute Gasteiger partial charge is 0.152 e. The van der Waals surface area contributed by atoms with Crippen molar-refractivity contribution in [2.45, 2.75) is 62.1 Å². The first-order valence-corrected chi connectivity index (χ1v) is 10.8. The average Bonchev–Trinajstić information content (AvgIpc) is 2.68. The lowest BCUT2D eigenvalue weighted by molar-refractivity contribution is 0.0842. The van der Waals surface area contributed by atoms with Gasteiger partial charge in [0.1, 0.15) is 23.0 Å². The van der Waals surface area contributed by atoms with Crippen LogP contribution in [-0.2, 0) is 0 Å². The van der Waals surface area contributed by atoms with E-state index in [1.54, 1.807) is 11.8 Å². The third kappa shape index (κ3) is 4.25. The second kappa shape index (κ2) is 8.11. The molecule has 5 heteroatoms. The lowest BCUT2D eigenvalue weighted by Gasteiger charge is -2.34. The van der Waals surface area contributed by atoms with Crippen LogP contribution in [0.5, 0.6) is 11.5 Å². The number of likely N-dealkylation sites (tertiary alicyclic amines) is 1. The minimum atomic E-state index is 0.0371. The molecule has 4 nitrogen and oxygen atoms in total. The normalized spacial score (nSPS) is 23.7. The maximum Gasteiger partial charge on any atom is 0.152 e. The summed E-state index contributed by atoms with van der Waals surface area (Å²) >= 11 is 1.78. The quantitative estimate of drug-likeness (QED) is 0.745. The predicted molar refractivity (Wildman–Crippen MR) is 110 cm³/mol. The van der Waals surface area contributed by atoms with Crippen LogP contribution in [0.2, 0.25) is 0 Å². The highest BCUT2D eigenvalue weighted by molar-refractivity contribution is 8.00. The molecule has 27 heavy (non-hydrogen) atoms. The molecule has 0 amide bonds. The Morgan fingerprint density at radius 1 is 1.15 bits per heavy atom. The molecule has 0 spiro atoms. The number of pyridine rings is 1. The second-order valence-electron chi connectivity index (χ2n) is 7.68. The van der Waals surface area contributed by atoms with Gasteiger partial charge < -0.3 is 14.4 Å². The molecule has 2 aliphatic heterocycles. The van der Waals surface area contributed by atoms with Crippen LogP contribution in [0.15, 0.2) is 47.6 Å². The van der Waals surface area contributed by atoms with Gasteiger partial charge in [-0.3, -0.25) is 0 Å². The fourth-order valence-electron chi connectivity index (χ4n) is 3.80. The van der Waals surface area contributed by atoms with Crippen molar-refractivity contribution >= 4 is 11.8 Å². The third-order valence-corrected chi connectivity index (χ3v) is 6.58. The third-order valence-electron chi connectivity index (χ3n) is 5.43. The monoisotopic (exact) mass is 384 g/mol. The SMILES string of the molecule is CC(C)N1CCC(Oc2ccc([C@@H]3Oc4cccnc4S[C@@H]3C)cc2)CC1. The van der Waals surface area contributed by atoms with E-state index in [9.17, 15) is 0 Å². The fraction of sp³-hybridized carbons (Fsp3) is 0.500. The molecule has 1 fully saturated rings. The zero-order valence-corrected chi connectivity index (χ0v) is 17.1. The van der Waals surface area contributed by atoms with Crippen LogP contribution >= 0.6 is 11.8 Å². The Morgan fingerprint density at radius 2 is 1.89 bits per heavy atom. The minimum absolute atomic E-state index is 0.0371. The lowest BCUT2D eigenvalue weighted by Crippen LogP contribution is -2.41. The average molecular weight is 385 g/mol. The van der Waals surface area contributed by atoms with E-state index in [1.807, 2.05) is 18.3 Å². The first-order valence-electron chi connectivity index (χ1n) is 9.89. The maximum atomic E-state index is 6.23. The summed E-state index contributed by atoms with van der Waals surface area (Å²) in [6.07, 6.45) is 4.38. The summed E-state index contributed by atoms with van der Waals surface area (Å²) < 4.78 is 12.5. The van der Waals surface area contributed by atoms with Crippen LogP contribution in [0.3, 0.4) is 0 Å². The number of fused-ring (bicyclic) bond motifs is 1. The summed E-state index contributed by atoms with van der Waals surface area (Å²) in [6.45, 7) is 8.97. The maximum absolute atomic E-state index is 6.23. The van der Waals surface area contributed by atoms with E-state index in [0.29, 0.717) is 17.4 Å². The number of hydrogen-bond acceptors (Lipinski definition) is 5. The molecular weight excluding hydrogens is 356 g/mol. The molecule has 3 heterocycles. The van der Waals surface area contributed by atoms with Crippen molar-refractivity contribution in [2.24, 2.45) is 0 Å². The van der Waals surface area contributed by atoms with Crippen molar-refractivity contribution in [1.29, 1.82) is 0 Å². The van der Waals surface area contributed by atoms with Gasteiger partial charge in [-0.2, -0.15) is 0 Å². The van der Waals surface area contributed by atoms with Crippen molar-refractivity contribution in [2.75, 3.05) is 13.1 Å². The summed E-state index contributed by atoms with van der Waals surface area (Å²) in [7, 11) is 0. The zero-order chi connectivity index (χ0) is 18.8. The van der Waals surface area contributed by atoms with Crippen molar-refractivity contribution in [3.63, 3.8) is 0 Å². The van der Waals surface area contributed by atoms with Crippen molar-refractivity contribution in [3.8, 4) is 11.5 Å². The van der Waals surface area contributed by atoms with Crippen LogP contribution < -0.4 is 9.47 Å². The number of ether oxygens (including phenoxy) is 2. The van der Waals surface area contributed by atoms with E-state index in [1.165, 1.54) is 5.56 Å².